The quantitative estimate of drug-likeness (QED) is 0.361. The molecule has 0 amide bonds. The zero-order valence-corrected chi connectivity index (χ0v) is 17.4. The van der Waals surface area contributed by atoms with Gasteiger partial charge in [0.25, 0.3) is 0 Å². The van der Waals surface area contributed by atoms with Crippen LogP contribution in [0, 0.1) is 6.92 Å². The van der Waals surface area contributed by atoms with Crippen molar-refractivity contribution in [1.29, 1.82) is 0 Å². The molecule has 7 nitrogen and oxygen atoms in total. The summed E-state index contributed by atoms with van der Waals surface area (Å²) in [5.74, 6) is -0.312. The Labute approximate surface area is 183 Å². The third kappa shape index (κ3) is 2.90. The molecule has 0 bridgehead atoms. The van der Waals surface area contributed by atoms with Crippen LogP contribution in [0.15, 0.2) is 73.1 Å². The molecule has 31 heavy (non-hydrogen) atoms. The number of hydrogen-bond acceptors (Lipinski definition) is 6. The van der Waals surface area contributed by atoms with Crippen molar-refractivity contribution in [3.05, 3.63) is 94.9 Å². The van der Waals surface area contributed by atoms with Crippen molar-refractivity contribution >= 4 is 28.8 Å². The number of benzene rings is 2. The summed E-state index contributed by atoms with van der Waals surface area (Å²) >= 11 is 6.75. The van der Waals surface area contributed by atoms with Gasteiger partial charge in [-0.3, -0.25) is 0 Å². The number of anilines is 3. The van der Waals surface area contributed by atoms with Gasteiger partial charge in [0.1, 0.15) is 5.82 Å². The first-order valence-electron chi connectivity index (χ1n) is 9.91. The fourth-order valence-electron chi connectivity index (χ4n) is 4.04. The fourth-order valence-corrected chi connectivity index (χ4v) is 4.33. The minimum Gasteiger partial charge on any atom is -0.338 e. The average Bonchev–Trinajstić information content (AvgIpc) is 3.50. The average molecular weight is 432 g/mol. The van der Waals surface area contributed by atoms with Crippen molar-refractivity contribution in [2.24, 2.45) is 0 Å². The molecule has 2 aromatic carbocycles. The summed E-state index contributed by atoms with van der Waals surface area (Å²) in [5.41, 5.74) is 5.50. The highest BCUT2D eigenvalue weighted by Gasteiger charge is 2.58. The first-order chi connectivity index (χ1) is 15.2. The second kappa shape index (κ2) is 6.81. The fraction of sp³-hybridized carbons (Fsp3) is 0.130. The Hall–Kier alpha value is -3.39. The van der Waals surface area contributed by atoms with E-state index in [4.69, 9.17) is 21.4 Å². The molecule has 2 aromatic heterocycles. The monoisotopic (exact) mass is 431 g/mol. The molecule has 2 aliphatic rings. The number of hydrogen-bond donors (Lipinski definition) is 1. The van der Waals surface area contributed by atoms with Crippen LogP contribution in [0.1, 0.15) is 16.8 Å². The van der Waals surface area contributed by atoms with Gasteiger partial charge >= 0.3 is 5.91 Å². The first-order valence-corrected chi connectivity index (χ1v) is 10.3. The van der Waals surface area contributed by atoms with Gasteiger partial charge in [-0.05, 0) is 49.4 Å². The second-order valence-electron chi connectivity index (χ2n) is 7.54. The minimum absolute atomic E-state index is 0.531. The molecule has 0 unspecified atom stereocenters. The molecule has 1 fully saturated rings. The van der Waals surface area contributed by atoms with Gasteiger partial charge in [0.05, 0.1) is 34.2 Å². The van der Waals surface area contributed by atoms with E-state index in [1.807, 2.05) is 72.3 Å². The third-order valence-electron chi connectivity index (χ3n) is 5.63. The molecule has 2 aliphatic heterocycles. The van der Waals surface area contributed by atoms with Gasteiger partial charge in [0.15, 0.2) is 0 Å². The molecule has 0 radical (unpaired) electrons. The van der Waals surface area contributed by atoms with Gasteiger partial charge in [-0.1, -0.05) is 29.8 Å². The van der Waals surface area contributed by atoms with Gasteiger partial charge in [0.2, 0.25) is 0 Å². The van der Waals surface area contributed by atoms with Gasteiger partial charge in [-0.2, -0.15) is 14.9 Å². The normalized spacial score (nSPS) is 16.1. The van der Waals surface area contributed by atoms with Gasteiger partial charge in [-0.25, -0.2) is 9.67 Å². The van der Waals surface area contributed by atoms with Gasteiger partial charge in [0, 0.05) is 23.7 Å². The number of rotatable bonds is 3. The predicted octanol–water partition coefficient (Wildman–Crippen LogP) is 5.07. The van der Waals surface area contributed by atoms with E-state index in [0.717, 1.165) is 39.7 Å². The standard InChI is InChI=1S/C23H18ClN5O2/c1-15-10-12-26-29(15)17-8-9-18(19(24)13-17)23(30-31-23)28-14-16-5-4-11-25-22(16)27-20-6-2-3-7-21(20)28/h2-13H,14H2,1H3,(H,25,27). The summed E-state index contributed by atoms with van der Waals surface area (Å²) in [4.78, 5) is 17.9. The van der Waals surface area contributed by atoms with E-state index in [-0.39, 0.29) is 0 Å². The second-order valence-corrected chi connectivity index (χ2v) is 7.94. The maximum Gasteiger partial charge on any atom is 0.339 e. The highest BCUT2D eigenvalue weighted by molar-refractivity contribution is 6.31. The molecule has 0 atom stereocenters. The molecule has 154 valence electrons. The summed E-state index contributed by atoms with van der Waals surface area (Å²) in [7, 11) is 0. The van der Waals surface area contributed by atoms with Crippen molar-refractivity contribution in [3.63, 3.8) is 0 Å². The maximum atomic E-state index is 6.75. The summed E-state index contributed by atoms with van der Waals surface area (Å²) in [6, 6.07) is 19.7. The summed E-state index contributed by atoms with van der Waals surface area (Å²) in [5, 5.41) is 8.32. The van der Waals surface area contributed by atoms with Crippen molar-refractivity contribution in [2.75, 3.05) is 10.2 Å². The van der Waals surface area contributed by atoms with Crippen LogP contribution in [0.5, 0.6) is 0 Å². The molecule has 4 aromatic rings. The number of nitrogens with one attached hydrogen (secondary N) is 1. The molecule has 6 rings (SSSR count). The molecular weight excluding hydrogens is 414 g/mol. The van der Waals surface area contributed by atoms with Crippen molar-refractivity contribution in [3.8, 4) is 5.69 Å². The van der Waals surface area contributed by atoms with Gasteiger partial charge < -0.3 is 10.2 Å². The third-order valence-corrected chi connectivity index (χ3v) is 5.95. The Morgan fingerprint density at radius 2 is 1.90 bits per heavy atom. The van der Waals surface area contributed by atoms with Crippen LogP contribution in [0.2, 0.25) is 5.02 Å². The molecule has 8 heteroatoms. The summed E-state index contributed by atoms with van der Waals surface area (Å²) in [6.07, 6.45) is 3.54. The van der Waals surface area contributed by atoms with Crippen LogP contribution in [-0.2, 0) is 22.2 Å². The SMILES string of the molecule is Cc1ccnn1-c1ccc(C2(N3Cc4cccnc4Nc4ccccc43)OO2)c(Cl)c1. The molecule has 0 aliphatic carbocycles. The zero-order chi connectivity index (χ0) is 21.0. The first kappa shape index (κ1) is 18.4. The Bertz CT molecular complexity index is 1300. The molecule has 1 saturated heterocycles. The Morgan fingerprint density at radius 1 is 1.03 bits per heavy atom. The number of aromatic nitrogens is 3. The van der Waals surface area contributed by atoms with Crippen molar-refractivity contribution in [1.82, 2.24) is 14.8 Å². The largest absolute Gasteiger partial charge is 0.339 e. The zero-order valence-electron chi connectivity index (χ0n) is 16.6. The molecular formula is C23H18ClN5O2. The summed E-state index contributed by atoms with van der Waals surface area (Å²) < 4.78 is 1.84. The number of pyridine rings is 1. The Balaban J connectivity index is 1.46. The lowest BCUT2D eigenvalue weighted by molar-refractivity contribution is 0.0850. The van der Waals surface area contributed by atoms with Crippen LogP contribution in [0.3, 0.4) is 0 Å². The number of para-hydroxylation sites is 2. The van der Waals surface area contributed by atoms with E-state index in [0.29, 0.717) is 11.6 Å². The number of aryl methyl sites for hydroxylation is 1. The van der Waals surface area contributed by atoms with Crippen molar-refractivity contribution < 1.29 is 9.78 Å². The molecule has 4 heterocycles. The highest BCUT2D eigenvalue weighted by atomic mass is 35.5. The lowest BCUT2D eigenvalue weighted by Crippen LogP contribution is -2.36. The van der Waals surface area contributed by atoms with Crippen molar-refractivity contribution in [2.45, 2.75) is 19.4 Å². The smallest absolute Gasteiger partial charge is 0.338 e. The topological polar surface area (TPSA) is 71.0 Å². The van der Waals surface area contributed by atoms with Crippen LogP contribution in [-0.4, -0.2) is 14.8 Å². The van der Waals surface area contributed by atoms with Crippen LogP contribution in [0.4, 0.5) is 17.2 Å². The number of nitrogens with zero attached hydrogens (tertiary/aromatic N) is 4. The van der Waals surface area contributed by atoms with E-state index < -0.39 is 5.91 Å². The van der Waals surface area contributed by atoms with Crippen LogP contribution in [0.25, 0.3) is 5.69 Å². The lowest BCUT2D eigenvalue weighted by Gasteiger charge is -2.28. The van der Waals surface area contributed by atoms with E-state index in [1.54, 1.807) is 12.4 Å². The number of fused-ring (bicyclic) bond motifs is 2. The molecule has 0 saturated carbocycles. The Morgan fingerprint density at radius 3 is 2.68 bits per heavy atom. The van der Waals surface area contributed by atoms with E-state index in [9.17, 15) is 0 Å². The summed E-state index contributed by atoms with van der Waals surface area (Å²) in [6.45, 7) is 2.53. The van der Waals surface area contributed by atoms with Crippen LogP contribution < -0.4 is 10.2 Å². The molecule has 1 N–H and O–H groups in total. The Kier molecular flexibility index (Phi) is 4.04. The predicted molar refractivity (Wildman–Crippen MR) is 117 cm³/mol. The number of halogens is 1. The lowest BCUT2D eigenvalue weighted by atomic mass is 10.1. The van der Waals surface area contributed by atoms with E-state index in [1.165, 1.54) is 0 Å². The minimum atomic E-state index is -1.12. The van der Waals surface area contributed by atoms with Crippen LogP contribution >= 0.6 is 11.6 Å². The van der Waals surface area contributed by atoms with E-state index in [2.05, 4.69) is 20.3 Å². The highest BCUT2D eigenvalue weighted by Crippen LogP contribution is 2.52. The maximum absolute atomic E-state index is 6.75. The van der Waals surface area contributed by atoms with E-state index >= 15 is 0 Å². The van der Waals surface area contributed by atoms with Gasteiger partial charge in [-0.15, -0.1) is 0 Å². The molecule has 0 spiro atoms.